The number of nitrogens with two attached hydrogens (primary N) is 1. The molecule has 1 aromatic rings. The van der Waals surface area contributed by atoms with Crippen molar-refractivity contribution in [2.45, 2.75) is 23.8 Å². The van der Waals surface area contributed by atoms with Gasteiger partial charge in [0.25, 0.3) is 0 Å². The number of carbonyl (C=O) groups is 1. The molecule has 0 aliphatic rings. The van der Waals surface area contributed by atoms with Gasteiger partial charge in [0, 0.05) is 12.7 Å². The minimum atomic E-state index is -3.21. The Balaban J connectivity index is 2.91. The van der Waals surface area contributed by atoms with Crippen LogP contribution in [-0.2, 0) is 25.8 Å². The van der Waals surface area contributed by atoms with Gasteiger partial charge in [-0.05, 0) is 24.6 Å². The van der Waals surface area contributed by atoms with Crippen molar-refractivity contribution in [1.82, 2.24) is 0 Å². The molecule has 100 valence electrons. The van der Waals surface area contributed by atoms with Gasteiger partial charge in [0.2, 0.25) is 0 Å². The van der Waals surface area contributed by atoms with Crippen molar-refractivity contribution in [3.05, 3.63) is 29.8 Å². The first-order chi connectivity index (χ1) is 8.16. The zero-order chi connectivity index (χ0) is 14.0. The van der Waals surface area contributed by atoms with Crippen molar-refractivity contribution in [2.75, 3.05) is 13.4 Å². The van der Waals surface area contributed by atoms with E-state index in [0.29, 0.717) is 0 Å². The van der Waals surface area contributed by atoms with E-state index < -0.39 is 21.3 Å². The van der Waals surface area contributed by atoms with E-state index in [1.807, 2.05) is 0 Å². The summed E-state index contributed by atoms with van der Waals surface area (Å²) in [5.41, 5.74) is 5.49. The zero-order valence-corrected chi connectivity index (χ0v) is 11.5. The molecule has 1 atom stereocenters. The highest BCUT2D eigenvalue weighted by atomic mass is 32.2. The predicted octanol–water partition coefficient (Wildman–Crippen LogP) is 0.523. The van der Waals surface area contributed by atoms with Gasteiger partial charge in [-0.15, -0.1) is 0 Å². The lowest BCUT2D eigenvalue weighted by Gasteiger charge is -2.21. The second-order valence-corrected chi connectivity index (χ2v) is 6.52. The zero-order valence-electron chi connectivity index (χ0n) is 10.6. The van der Waals surface area contributed by atoms with E-state index in [1.165, 1.54) is 19.2 Å². The van der Waals surface area contributed by atoms with E-state index in [2.05, 4.69) is 4.74 Å². The largest absolute Gasteiger partial charge is 0.468 e. The maximum Gasteiger partial charge on any atom is 0.325 e. The number of hydrogen-bond donors (Lipinski definition) is 1. The molecule has 0 bridgehead atoms. The second-order valence-electron chi connectivity index (χ2n) is 4.50. The quantitative estimate of drug-likeness (QED) is 0.807. The molecule has 5 nitrogen and oxygen atoms in total. The number of ether oxygens (including phenoxy) is 1. The fourth-order valence-corrected chi connectivity index (χ4v) is 2.21. The molecule has 1 rings (SSSR count). The minimum Gasteiger partial charge on any atom is -0.468 e. The van der Waals surface area contributed by atoms with Crippen LogP contribution in [0.2, 0.25) is 0 Å². The van der Waals surface area contributed by atoms with Crippen LogP contribution in [0.1, 0.15) is 12.5 Å². The van der Waals surface area contributed by atoms with Gasteiger partial charge in [-0.25, -0.2) is 8.42 Å². The van der Waals surface area contributed by atoms with Gasteiger partial charge in [0.05, 0.1) is 12.0 Å². The fourth-order valence-electron chi connectivity index (χ4n) is 1.58. The maximum atomic E-state index is 11.4. The maximum absolute atomic E-state index is 11.4. The van der Waals surface area contributed by atoms with E-state index in [1.54, 1.807) is 19.1 Å². The summed E-state index contributed by atoms with van der Waals surface area (Å²) in [6.45, 7) is 1.57. The summed E-state index contributed by atoms with van der Waals surface area (Å²) in [6, 6.07) is 6.28. The summed E-state index contributed by atoms with van der Waals surface area (Å²) >= 11 is 0. The lowest BCUT2D eigenvalue weighted by Crippen LogP contribution is -2.47. The van der Waals surface area contributed by atoms with Crippen molar-refractivity contribution in [2.24, 2.45) is 5.73 Å². The SMILES string of the molecule is COC(=O)[C@@](C)(N)Cc1ccc(S(C)(=O)=O)cc1. The van der Waals surface area contributed by atoms with Gasteiger partial charge in [-0.1, -0.05) is 12.1 Å². The first kappa shape index (κ1) is 14.7. The standard InChI is InChI=1S/C12H17NO4S/c1-12(13,11(14)17-2)8-9-4-6-10(7-5-9)18(3,15)16/h4-7H,8,13H2,1-3H3/t12-/m0/s1. The molecule has 0 aliphatic carbocycles. The lowest BCUT2D eigenvalue weighted by molar-refractivity contribution is -0.146. The summed E-state index contributed by atoms with van der Waals surface area (Å²) in [7, 11) is -1.93. The van der Waals surface area contributed by atoms with Crippen LogP contribution in [0.4, 0.5) is 0 Å². The number of benzene rings is 1. The third kappa shape index (κ3) is 3.54. The number of methoxy groups -OCH3 is 1. The molecule has 0 unspecified atom stereocenters. The number of sulfone groups is 1. The predicted molar refractivity (Wildman–Crippen MR) is 67.9 cm³/mol. The number of esters is 1. The average Bonchev–Trinajstić information content (AvgIpc) is 2.26. The smallest absolute Gasteiger partial charge is 0.325 e. The molecule has 0 aliphatic heterocycles. The Hall–Kier alpha value is -1.40. The molecule has 18 heavy (non-hydrogen) atoms. The van der Waals surface area contributed by atoms with Gasteiger partial charge >= 0.3 is 5.97 Å². The number of rotatable bonds is 4. The topological polar surface area (TPSA) is 86.5 Å². The third-order valence-corrected chi connectivity index (χ3v) is 3.70. The van der Waals surface area contributed by atoms with Crippen LogP contribution in [-0.4, -0.2) is 33.3 Å². The highest BCUT2D eigenvalue weighted by Gasteiger charge is 2.29. The minimum absolute atomic E-state index is 0.239. The van der Waals surface area contributed by atoms with E-state index in [0.717, 1.165) is 11.8 Å². The van der Waals surface area contributed by atoms with Crippen LogP contribution < -0.4 is 5.73 Å². The molecule has 0 radical (unpaired) electrons. The normalized spacial score (nSPS) is 14.9. The summed E-state index contributed by atoms with van der Waals surface area (Å²) < 4.78 is 27.2. The lowest BCUT2D eigenvalue weighted by atomic mass is 9.94. The third-order valence-electron chi connectivity index (χ3n) is 2.57. The molecule has 0 fully saturated rings. The molecule has 2 N–H and O–H groups in total. The number of carbonyl (C=O) groups excluding carboxylic acids is 1. The molecular weight excluding hydrogens is 254 g/mol. The second kappa shape index (κ2) is 5.07. The Morgan fingerprint density at radius 2 is 1.83 bits per heavy atom. The summed E-state index contributed by atoms with van der Waals surface area (Å²) in [5.74, 6) is -0.505. The molecule has 0 heterocycles. The van der Waals surface area contributed by atoms with Crippen LogP contribution >= 0.6 is 0 Å². The summed E-state index contributed by atoms with van der Waals surface area (Å²) in [4.78, 5) is 11.7. The summed E-state index contributed by atoms with van der Waals surface area (Å²) in [5, 5.41) is 0. The molecule has 6 heteroatoms. The van der Waals surface area contributed by atoms with E-state index in [-0.39, 0.29) is 11.3 Å². The van der Waals surface area contributed by atoms with Crippen LogP contribution in [0, 0.1) is 0 Å². The van der Waals surface area contributed by atoms with Crippen LogP contribution in [0.3, 0.4) is 0 Å². The van der Waals surface area contributed by atoms with Crippen LogP contribution in [0.15, 0.2) is 29.2 Å². The van der Waals surface area contributed by atoms with Crippen molar-refractivity contribution in [3.8, 4) is 0 Å². The van der Waals surface area contributed by atoms with Crippen molar-refractivity contribution in [3.63, 3.8) is 0 Å². The van der Waals surface area contributed by atoms with Gasteiger partial charge in [0.15, 0.2) is 9.84 Å². The molecule has 0 spiro atoms. The Bertz CT molecular complexity index is 532. The molecule has 0 aromatic heterocycles. The van der Waals surface area contributed by atoms with Crippen LogP contribution in [0.5, 0.6) is 0 Å². The van der Waals surface area contributed by atoms with E-state index in [4.69, 9.17) is 5.73 Å². The molecule has 1 aromatic carbocycles. The van der Waals surface area contributed by atoms with Crippen molar-refractivity contribution < 1.29 is 17.9 Å². The average molecular weight is 271 g/mol. The Morgan fingerprint density at radius 1 is 1.33 bits per heavy atom. The van der Waals surface area contributed by atoms with Gasteiger partial charge in [-0.2, -0.15) is 0 Å². The molecule has 0 amide bonds. The molecule has 0 saturated heterocycles. The first-order valence-corrected chi connectivity index (χ1v) is 7.22. The van der Waals surface area contributed by atoms with Gasteiger partial charge in [-0.3, -0.25) is 4.79 Å². The Morgan fingerprint density at radius 3 is 2.22 bits per heavy atom. The van der Waals surface area contributed by atoms with Crippen LogP contribution in [0.25, 0.3) is 0 Å². The first-order valence-electron chi connectivity index (χ1n) is 5.33. The molecular formula is C12H17NO4S. The van der Waals surface area contributed by atoms with E-state index >= 15 is 0 Å². The fraction of sp³-hybridized carbons (Fsp3) is 0.417. The summed E-state index contributed by atoms with van der Waals surface area (Å²) in [6.07, 6.45) is 1.42. The Labute approximate surface area is 107 Å². The Kier molecular flexibility index (Phi) is 4.13. The van der Waals surface area contributed by atoms with E-state index in [9.17, 15) is 13.2 Å². The van der Waals surface area contributed by atoms with Gasteiger partial charge in [0.1, 0.15) is 5.54 Å². The van der Waals surface area contributed by atoms with Crippen molar-refractivity contribution >= 4 is 15.8 Å². The van der Waals surface area contributed by atoms with Crippen molar-refractivity contribution in [1.29, 1.82) is 0 Å². The highest BCUT2D eigenvalue weighted by molar-refractivity contribution is 7.90. The number of hydrogen-bond acceptors (Lipinski definition) is 5. The van der Waals surface area contributed by atoms with Gasteiger partial charge < -0.3 is 10.5 Å². The monoisotopic (exact) mass is 271 g/mol. The molecule has 0 saturated carbocycles. The highest BCUT2D eigenvalue weighted by Crippen LogP contribution is 2.15.